The first-order valence-corrected chi connectivity index (χ1v) is 5.49. The van der Waals surface area contributed by atoms with Crippen LogP contribution in [0, 0.1) is 0 Å². The van der Waals surface area contributed by atoms with Crippen LogP contribution in [-0.2, 0) is 0 Å². The Kier molecular flexibility index (Phi) is 3.11. The monoisotopic (exact) mass is 246 g/mol. The fraction of sp³-hybridized carbons (Fsp3) is 0.0769. The van der Waals surface area contributed by atoms with Gasteiger partial charge in [-0.2, -0.15) is 0 Å². The molecule has 2 N–H and O–H groups in total. The highest BCUT2D eigenvalue weighted by Gasteiger charge is 2.08. The summed E-state index contributed by atoms with van der Waals surface area (Å²) in [5.74, 6) is 0.155. The number of Topliss-reactive ketones (excluding diaryl/α,β-unsaturated/α-hetero) is 1. The highest BCUT2D eigenvalue weighted by molar-refractivity contribution is 6.30. The summed E-state index contributed by atoms with van der Waals surface area (Å²) >= 11 is 5.90. The van der Waals surface area contributed by atoms with E-state index in [9.17, 15) is 4.79 Å². The van der Waals surface area contributed by atoms with Crippen LogP contribution < -0.4 is 5.73 Å². The van der Waals surface area contributed by atoms with Crippen molar-refractivity contribution in [2.75, 3.05) is 5.73 Å². The predicted octanol–water partition coefficient (Wildman–Crippen LogP) is 3.19. The van der Waals surface area contributed by atoms with Crippen LogP contribution >= 0.6 is 11.6 Å². The largest absolute Gasteiger partial charge is 0.383 e. The third kappa shape index (κ3) is 2.45. The maximum absolute atomic E-state index is 11.2. The average molecular weight is 247 g/mol. The molecule has 0 saturated carbocycles. The van der Waals surface area contributed by atoms with Crippen LogP contribution in [-0.4, -0.2) is 10.8 Å². The molecule has 1 aromatic carbocycles. The Morgan fingerprint density at radius 3 is 2.65 bits per heavy atom. The maximum atomic E-state index is 11.2. The molecule has 17 heavy (non-hydrogen) atoms. The smallest absolute Gasteiger partial charge is 0.163 e. The molecular formula is C13H11ClN2O. The topological polar surface area (TPSA) is 56.0 Å². The zero-order valence-electron chi connectivity index (χ0n) is 9.27. The summed E-state index contributed by atoms with van der Waals surface area (Å²) < 4.78 is 0. The highest BCUT2D eigenvalue weighted by atomic mass is 35.5. The molecular weight excluding hydrogens is 236 g/mol. The van der Waals surface area contributed by atoms with Gasteiger partial charge in [0, 0.05) is 10.6 Å². The van der Waals surface area contributed by atoms with E-state index in [1.54, 1.807) is 24.3 Å². The van der Waals surface area contributed by atoms with Crippen molar-refractivity contribution in [1.82, 2.24) is 4.98 Å². The first kappa shape index (κ1) is 11.6. The van der Waals surface area contributed by atoms with Crippen molar-refractivity contribution in [3.63, 3.8) is 0 Å². The van der Waals surface area contributed by atoms with Crippen LogP contribution in [0.5, 0.6) is 0 Å². The molecule has 3 nitrogen and oxygen atoms in total. The summed E-state index contributed by atoms with van der Waals surface area (Å²) in [6, 6.07) is 10.8. The molecule has 4 heteroatoms. The fourth-order valence-corrected chi connectivity index (χ4v) is 1.77. The van der Waals surface area contributed by atoms with Crippen molar-refractivity contribution in [3.8, 4) is 11.3 Å². The fourth-order valence-electron chi connectivity index (χ4n) is 1.58. The van der Waals surface area contributed by atoms with E-state index in [2.05, 4.69) is 4.98 Å². The number of pyridine rings is 1. The number of halogens is 1. The van der Waals surface area contributed by atoms with Crippen molar-refractivity contribution in [2.45, 2.75) is 6.92 Å². The van der Waals surface area contributed by atoms with Crippen LogP contribution in [0.2, 0.25) is 5.02 Å². The molecule has 0 spiro atoms. The Morgan fingerprint density at radius 2 is 2.06 bits per heavy atom. The maximum Gasteiger partial charge on any atom is 0.163 e. The number of anilines is 1. The van der Waals surface area contributed by atoms with Gasteiger partial charge in [-0.1, -0.05) is 23.7 Å². The highest BCUT2D eigenvalue weighted by Crippen LogP contribution is 2.23. The molecule has 0 aliphatic rings. The van der Waals surface area contributed by atoms with E-state index < -0.39 is 0 Å². The normalized spacial score (nSPS) is 10.2. The number of nitrogens with zero attached hydrogens (tertiary/aromatic N) is 1. The Bertz CT molecular complexity index is 581. The Morgan fingerprint density at radius 1 is 1.29 bits per heavy atom. The van der Waals surface area contributed by atoms with Gasteiger partial charge in [-0.25, -0.2) is 4.98 Å². The molecule has 0 bridgehead atoms. The summed E-state index contributed by atoms with van der Waals surface area (Å²) in [4.78, 5) is 15.4. The van der Waals surface area contributed by atoms with Crippen molar-refractivity contribution >= 4 is 23.2 Å². The van der Waals surface area contributed by atoms with E-state index in [1.807, 2.05) is 12.1 Å². The zero-order chi connectivity index (χ0) is 12.4. The lowest BCUT2D eigenvalue weighted by molar-refractivity contribution is 0.101. The first-order chi connectivity index (χ1) is 8.08. The van der Waals surface area contributed by atoms with Gasteiger partial charge >= 0.3 is 0 Å². The number of carbonyl (C=O) groups is 1. The number of rotatable bonds is 2. The molecule has 86 valence electrons. The Hall–Kier alpha value is -1.87. The number of benzene rings is 1. The molecule has 1 aromatic heterocycles. The van der Waals surface area contributed by atoms with E-state index in [-0.39, 0.29) is 11.6 Å². The van der Waals surface area contributed by atoms with Gasteiger partial charge < -0.3 is 5.73 Å². The number of nitrogen functional groups attached to an aromatic ring is 1. The molecule has 0 aliphatic carbocycles. The van der Waals surface area contributed by atoms with E-state index in [4.69, 9.17) is 17.3 Å². The van der Waals surface area contributed by atoms with E-state index in [0.29, 0.717) is 16.3 Å². The number of ketones is 1. The Labute approximate surface area is 104 Å². The van der Waals surface area contributed by atoms with Gasteiger partial charge in [0.05, 0.1) is 11.3 Å². The standard InChI is InChI=1S/C13H11ClN2O/c1-8(17)11-5-6-12(16-13(11)15)9-3-2-4-10(14)7-9/h2-7H,1H3,(H2,15,16). The minimum Gasteiger partial charge on any atom is -0.383 e. The zero-order valence-corrected chi connectivity index (χ0v) is 10.0. The SMILES string of the molecule is CC(=O)c1ccc(-c2cccc(Cl)c2)nc1N. The minimum atomic E-state index is -0.0901. The second-order valence-electron chi connectivity index (χ2n) is 3.70. The van der Waals surface area contributed by atoms with Gasteiger partial charge in [0.2, 0.25) is 0 Å². The van der Waals surface area contributed by atoms with Crippen molar-refractivity contribution in [3.05, 3.63) is 47.0 Å². The molecule has 2 aromatic rings. The number of nitrogens with two attached hydrogens (primary N) is 1. The number of aromatic nitrogens is 1. The summed E-state index contributed by atoms with van der Waals surface area (Å²) in [7, 11) is 0. The molecule has 1 heterocycles. The average Bonchev–Trinajstić information content (AvgIpc) is 2.28. The van der Waals surface area contributed by atoms with Crippen molar-refractivity contribution in [2.24, 2.45) is 0 Å². The van der Waals surface area contributed by atoms with Gasteiger partial charge in [-0.05, 0) is 31.2 Å². The first-order valence-electron chi connectivity index (χ1n) is 5.11. The Balaban J connectivity index is 2.48. The molecule has 0 fully saturated rings. The number of hydrogen-bond donors (Lipinski definition) is 1. The van der Waals surface area contributed by atoms with Crippen LogP contribution in [0.1, 0.15) is 17.3 Å². The lowest BCUT2D eigenvalue weighted by Crippen LogP contribution is -2.02. The van der Waals surface area contributed by atoms with Crippen LogP contribution in [0.25, 0.3) is 11.3 Å². The third-order valence-corrected chi connectivity index (χ3v) is 2.66. The molecule has 0 unspecified atom stereocenters. The van der Waals surface area contributed by atoms with Gasteiger partial charge in [-0.15, -0.1) is 0 Å². The second-order valence-corrected chi connectivity index (χ2v) is 4.13. The second kappa shape index (κ2) is 4.55. The number of carbonyl (C=O) groups excluding carboxylic acids is 1. The lowest BCUT2D eigenvalue weighted by Gasteiger charge is -2.05. The molecule has 2 rings (SSSR count). The molecule has 0 aliphatic heterocycles. The summed E-state index contributed by atoms with van der Waals surface area (Å²) in [6.07, 6.45) is 0. The van der Waals surface area contributed by atoms with E-state index in [1.165, 1.54) is 6.92 Å². The van der Waals surface area contributed by atoms with Gasteiger partial charge in [0.1, 0.15) is 5.82 Å². The minimum absolute atomic E-state index is 0.0901. The summed E-state index contributed by atoms with van der Waals surface area (Å²) in [5, 5.41) is 0.638. The molecule has 0 amide bonds. The van der Waals surface area contributed by atoms with E-state index in [0.717, 1.165) is 5.56 Å². The number of hydrogen-bond acceptors (Lipinski definition) is 3. The third-order valence-electron chi connectivity index (χ3n) is 2.42. The van der Waals surface area contributed by atoms with Gasteiger partial charge in [-0.3, -0.25) is 4.79 Å². The summed E-state index contributed by atoms with van der Waals surface area (Å²) in [6.45, 7) is 1.46. The molecule has 0 radical (unpaired) electrons. The van der Waals surface area contributed by atoms with Crippen molar-refractivity contribution < 1.29 is 4.79 Å². The predicted molar refractivity (Wildman–Crippen MR) is 69.1 cm³/mol. The van der Waals surface area contributed by atoms with Gasteiger partial charge in [0.15, 0.2) is 5.78 Å². The van der Waals surface area contributed by atoms with Gasteiger partial charge in [0.25, 0.3) is 0 Å². The van der Waals surface area contributed by atoms with Crippen LogP contribution in [0.4, 0.5) is 5.82 Å². The summed E-state index contributed by atoms with van der Waals surface area (Å²) in [5.41, 5.74) is 7.75. The van der Waals surface area contributed by atoms with Crippen LogP contribution in [0.3, 0.4) is 0 Å². The quantitative estimate of drug-likeness (QED) is 0.828. The molecule has 0 atom stereocenters. The molecule has 0 saturated heterocycles. The van der Waals surface area contributed by atoms with E-state index >= 15 is 0 Å². The van der Waals surface area contributed by atoms with Crippen molar-refractivity contribution in [1.29, 1.82) is 0 Å². The van der Waals surface area contributed by atoms with Crippen LogP contribution in [0.15, 0.2) is 36.4 Å². The lowest BCUT2D eigenvalue weighted by atomic mass is 10.1.